The van der Waals surface area contributed by atoms with Gasteiger partial charge in [0.1, 0.15) is 5.82 Å². The quantitative estimate of drug-likeness (QED) is 0.782. The summed E-state index contributed by atoms with van der Waals surface area (Å²) in [7, 11) is 0. The van der Waals surface area contributed by atoms with Crippen LogP contribution in [0.4, 0.5) is 4.39 Å². The molecule has 106 valence electrons. The van der Waals surface area contributed by atoms with Crippen LogP contribution < -0.4 is 5.32 Å². The molecule has 0 aliphatic rings. The zero-order chi connectivity index (χ0) is 14.5. The Morgan fingerprint density at radius 1 is 1.20 bits per heavy atom. The Bertz CT molecular complexity index is 571. The highest BCUT2D eigenvalue weighted by atomic mass is 79.9. The summed E-state index contributed by atoms with van der Waals surface area (Å²) < 4.78 is 13.8. The maximum atomic E-state index is 12.8. The van der Waals surface area contributed by atoms with Crippen LogP contribution in [0.1, 0.15) is 24.1 Å². The molecule has 0 saturated carbocycles. The van der Waals surface area contributed by atoms with Crippen LogP contribution >= 0.6 is 27.5 Å². The van der Waals surface area contributed by atoms with Gasteiger partial charge in [-0.1, -0.05) is 45.7 Å². The Morgan fingerprint density at radius 2 is 1.90 bits per heavy atom. The molecule has 2 rings (SSSR count). The SMILES string of the molecule is CC(NCCc1ccc(F)cc1)c1ccc(Br)cc1Cl. The van der Waals surface area contributed by atoms with Crippen molar-refractivity contribution in [3.05, 3.63) is 68.9 Å². The molecule has 2 aromatic rings. The van der Waals surface area contributed by atoms with E-state index in [9.17, 15) is 4.39 Å². The molecule has 0 bridgehead atoms. The van der Waals surface area contributed by atoms with Crippen molar-refractivity contribution in [1.82, 2.24) is 5.32 Å². The lowest BCUT2D eigenvalue weighted by Crippen LogP contribution is -2.21. The van der Waals surface area contributed by atoms with Gasteiger partial charge in [-0.2, -0.15) is 0 Å². The molecule has 4 heteroatoms. The van der Waals surface area contributed by atoms with Gasteiger partial charge in [0, 0.05) is 15.5 Å². The first kappa shape index (κ1) is 15.5. The van der Waals surface area contributed by atoms with Crippen LogP contribution in [0.5, 0.6) is 0 Å². The van der Waals surface area contributed by atoms with Crippen molar-refractivity contribution in [2.45, 2.75) is 19.4 Å². The van der Waals surface area contributed by atoms with Crippen molar-refractivity contribution in [2.24, 2.45) is 0 Å². The van der Waals surface area contributed by atoms with Crippen molar-refractivity contribution >= 4 is 27.5 Å². The fraction of sp³-hybridized carbons (Fsp3) is 0.250. The first-order valence-corrected chi connectivity index (χ1v) is 7.66. The Kier molecular flexibility index (Phi) is 5.58. The van der Waals surface area contributed by atoms with Crippen molar-refractivity contribution in [3.8, 4) is 0 Å². The second-order valence-corrected chi connectivity index (χ2v) is 6.04. The zero-order valence-corrected chi connectivity index (χ0v) is 13.5. The number of hydrogen-bond acceptors (Lipinski definition) is 1. The van der Waals surface area contributed by atoms with Crippen LogP contribution in [0, 0.1) is 5.82 Å². The standard InChI is InChI=1S/C16H16BrClFN/c1-11(15-7-4-13(17)10-16(15)18)20-9-8-12-2-5-14(19)6-3-12/h2-7,10-11,20H,8-9H2,1H3. The molecule has 0 heterocycles. The normalized spacial score (nSPS) is 12.4. The van der Waals surface area contributed by atoms with Crippen molar-refractivity contribution in [2.75, 3.05) is 6.54 Å². The summed E-state index contributed by atoms with van der Waals surface area (Å²) in [6.07, 6.45) is 0.860. The Balaban J connectivity index is 1.88. The maximum absolute atomic E-state index is 12.8. The van der Waals surface area contributed by atoms with Gasteiger partial charge in [0.15, 0.2) is 0 Å². The van der Waals surface area contributed by atoms with Crippen LogP contribution in [0.2, 0.25) is 5.02 Å². The van der Waals surface area contributed by atoms with Gasteiger partial charge in [-0.15, -0.1) is 0 Å². The summed E-state index contributed by atoms with van der Waals surface area (Å²) in [5, 5.41) is 4.18. The van der Waals surface area contributed by atoms with Gasteiger partial charge in [-0.05, 0) is 55.3 Å². The smallest absolute Gasteiger partial charge is 0.123 e. The molecule has 1 unspecified atom stereocenters. The highest BCUT2D eigenvalue weighted by Gasteiger charge is 2.09. The lowest BCUT2D eigenvalue weighted by molar-refractivity contribution is 0.576. The summed E-state index contributed by atoms with van der Waals surface area (Å²) in [5.74, 6) is -0.197. The lowest BCUT2D eigenvalue weighted by Gasteiger charge is -2.16. The Labute approximate surface area is 132 Å². The minimum atomic E-state index is -0.197. The predicted molar refractivity (Wildman–Crippen MR) is 85.7 cm³/mol. The summed E-state index contributed by atoms with van der Waals surface area (Å²) >= 11 is 9.63. The fourth-order valence-corrected chi connectivity index (χ4v) is 2.88. The minimum Gasteiger partial charge on any atom is -0.310 e. The lowest BCUT2D eigenvalue weighted by atomic mass is 10.1. The van der Waals surface area contributed by atoms with Crippen LogP contribution in [0.15, 0.2) is 46.9 Å². The summed E-state index contributed by atoms with van der Waals surface area (Å²) in [5.41, 5.74) is 2.20. The third-order valence-electron chi connectivity index (χ3n) is 3.21. The molecule has 0 aliphatic heterocycles. The van der Waals surface area contributed by atoms with Crippen LogP contribution in [-0.4, -0.2) is 6.54 Å². The first-order chi connectivity index (χ1) is 9.56. The minimum absolute atomic E-state index is 0.177. The maximum Gasteiger partial charge on any atom is 0.123 e. The van der Waals surface area contributed by atoms with E-state index in [2.05, 4.69) is 28.2 Å². The number of benzene rings is 2. The molecule has 0 saturated heterocycles. The largest absolute Gasteiger partial charge is 0.310 e. The van der Waals surface area contributed by atoms with E-state index in [1.54, 1.807) is 0 Å². The van der Waals surface area contributed by atoms with E-state index >= 15 is 0 Å². The molecule has 0 aromatic heterocycles. The van der Waals surface area contributed by atoms with Gasteiger partial charge >= 0.3 is 0 Å². The summed E-state index contributed by atoms with van der Waals surface area (Å²) in [6, 6.07) is 12.7. The van der Waals surface area contributed by atoms with E-state index in [1.807, 2.05) is 30.3 Å². The van der Waals surface area contributed by atoms with Gasteiger partial charge < -0.3 is 5.32 Å². The van der Waals surface area contributed by atoms with E-state index in [0.717, 1.165) is 33.6 Å². The van der Waals surface area contributed by atoms with E-state index in [0.29, 0.717) is 0 Å². The average Bonchev–Trinajstić information content (AvgIpc) is 2.41. The Morgan fingerprint density at radius 3 is 2.55 bits per heavy atom. The summed E-state index contributed by atoms with van der Waals surface area (Å²) in [4.78, 5) is 0. The summed E-state index contributed by atoms with van der Waals surface area (Å²) in [6.45, 7) is 2.90. The molecular weight excluding hydrogens is 341 g/mol. The second kappa shape index (κ2) is 7.21. The van der Waals surface area contributed by atoms with Crippen LogP contribution in [-0.2, 0) is 6.42 Å². The third-order valence-corrected chi connectivity index (χ3v) is 4.03. The molecule has 0 amide bonds. The molecular formula is C16H16BrClFN. The van der Waals surface area contributed by atoms with Gasteiger partial charge in [0.05, 0.1) is 0 Å². The average molecular weight is 357 g/mol. The van der Waals surface area contributed by atoms with Gasteiger partial charge in [-0.3, -0.25) is 0 Å². The second-order valence-electron chi connectivity index (χ2n) is 4.72. The monoisotopic (exact) mass is 355 g/mol. The van der Waals surface area contributed by atoms with Crippen molar-refractivity contribution in [1.29, 1.82) is 0 Å². The van der Waals surface area contributed by atoms with Crippen molar-refractivity contribution < 1.29 is 4.39 Å². The van der Waals surface area contributed by atoms with Gasteiger partial charge in [0.2, 0.25) is 0 Å². The van der Waals surface area contributed by atoms with Crippen LogP contribution in [0.3, 0.4) is 0 Å². The number of rotatable bonds is 5. The van der Waals surface area contributed by atoms with Crippen molar-refractivity contribution in [3.63, 3.8) is 0 Å². The molecule has 1 nitrogen and oxygen atoms in total. The van der Waals surface area contributed by atoms with E-state index in [4.69, 9.17) is 11.6 Å². The predicted octanol–water partition coefficient (Wildman–Crippen LogP) is 5.13. The Hall–Kier alpha value is -0.900. The highest BCUT2D eigenvalue weighted by Crippen LogP contribution is 2.26. The fourth-order valence-electron chi connectivity index (χ4n) is 2.05. The molecule has 0 spiro atoms. The van der Waals surface area contributed by atoms with Gasteiger partial charge in [0.25, 0.3) is 0 Å². The number of nitrogens with one attached hydrogen (secondary N) is 1. The molecule has 0 fully saturated rings. The highest BCUT2D eigenvalue weighted by molar-refractivity contribution is 9.10. The van der Waals surface area contributed by atoms with E-state index < -0.39 is 0 Å². The molecule has 0 aliphatic carbocycles. The number of hydrogen-bond donors (Lipinski definition) is 1. The number of halogens is 3. The molecule has 1 N–H and O–H groups in total. The first-order valence-electron chi connectivity index (χ1n) is 6.49. The zero-order valence-electron chi connectivity index (χ0n) is 11.2. The third kappa shape index (κ3) is 4.30. The molecule has 20 heavy (non-hydrogen) atoms. The van der Waals surface area contributed by atoms with Gasteiger partial charge in [-0.25, -0.2) is 4.39 Å². The molecule has 0 radical (unpaired) electrons. The van der Waals surface area contributed by atoms with E-state index in [-0.39, 0.29) is 11.9 Å². The molecule has 2 aromatic carbocycles. The van der Waals surface area contributed by atoms with Crippen LogP contribution in [0.25, 0.3) is 0 Å². The topological polar surface area (TPSA) is 12.0 Å². The van der Waals surface area contributed by atoms with E-state index in [1.165, 1.54) is 12.1 Å². The molecule has 1 atom stereocenters.